The largest absolute Gasteiger partial charge is 0.495 e. The fourth-order valence-electron chi connectivity index (χ4n) is 3.38. The lowest BCUT2D eigenvalue weighted by molar-refractivity contribution is -0.117. The highest BCUT2D eigenvalue weighted by Crippen LogP contribution is 2.40. The molecule has 2 amide bonds. The first-order valence-electron chi connectivity index (χ1n) is 10.6. The molecule has 3 aromatic rings. The van der Waals surface area contributed by atoms with Gasteiger partial charge in [0.1, 0.15) is 23.6 Å². The molecule has 1 heterocycles. The van der Waals surface area contributed by atoms with Crippen LogP contribution in [0.4, 0.5) is 11.5 Å². The number of hydrogen-bond donors (Lipinski definition) is 1. The van der Waals surface area contributed by atoms with Crippen LogP contribution in [0.2, 0.25) is 10.0 Å². The number of rotatable bonds is 9. The van der Waals surface area contributed by atoms with E-state index in [2.05, 4.69) is 15.3 Å². The van der Waals surface area contributed by atoms with Crippen molar-refractivity contribution < 1.29 is 19.1 Å². The van der Waals surface area contributed by atoms with E-state index in [0.29, 0.717) is 40.7 Å². The third-order valence-corrected chi connectivity index (χ3v) is 6.24. The summed E-state index contributed by atoms with van der Waals surface area (Å²) in [6, 6.07) is 10.6. The Morgan fingerprint density at radius 3 is 2.36 bits per heavy atom. The molecule has 1 aromatic heterocycles. The van der Waals surface area contributed by atoms with Crippen LogP contribution < -0.4 is 19.7 Å². The standard InChI is InChI=1S/C25H23Cl3N4O4/c1-32(23(34)12-17-24(27)19(35-2)13-20(36-3)25(17)28)21-11-16(29-14-30-21)10-15-6-4-5-7-18(15)31-22(33)8-9-26/h4-9,11,13-14H,10,12H2,1-3H3,(H,31,33)/b9-8-. The minimum Gasteiger partial charge on any atom is -0.495 e. The maximum absolute atomic E-state index is 13.1. The predicted molar refractivity (Wildman–Crippen MR) is 142 cm³/mol. The van der Waals surface area contributed by atoms with Crippen LogP contribution in [0.3, 0.4) is 0 Å². The number of aromatic nitrogens is 2. The van der Waals surface area contributed by atoms with Crippen molar-refractivity contribution in [2.75, 3.05) is 31.5 Å². The van der Waals surface area contributed by atoms with Crippen LogP contribution in [0.15, 0.2) is 54.3 Å². The van der Waals surface area contributed by atoms with Crippen LogP contribution in [-0.2, 0) is 22.4 Å². The van der Waals surface area contributed by atoms with Gasteiger partial charge in [-0.2, -0.15) is 0 Å². The third-order valence-electron chi connectivity index (χ3n) is 5.28. The van der Waals surface area contributed by atoms with Gasteiger partial charge in [0.05, 0.1) is 36.4 Å². The number of nitrogens with one attached hydrogen (secondary N) is 1. The predicted octanol–water partition coefficient (Wildman–Crippen LogP) is 5.29. The average Bonchev–Trinajstić information content (AvgIpc) is 2.87. The van der Waals surface area contributed by atoms with Crippen LogP contribution in [0.5, 0.6) is 11.5 Å². The molecule has 0 aliphatic rings. The Hall–Kier alpha value is -3.33. The molecule has 0 radical (unpaired) electrons. The topological polar surface area (TPSA) is 93.7 Å². The molecule has 0 bridgehead atoms. The fourth-order valence-corrected chi connectivity index (χ4v) is 4.13. The Labute approximate surface area is 223 Å². The lowest BCUT2D eigenvalue weighted by atomic mass is 10.1. The third kappa shape index (κ3) is 6.46. The SMILES string of the molecule is COc1cc(OC)c(Cl)c(CC(=O)N(C)c2cc(Cc3ccccc3NC(=O)/C=C\Cl)ncn2)c1Cl. The highest BCUT2D eigenvalue weighted by molar-refractivity contribution is 6.38. The van der Waals surface area contributed by atoms with Crippen molar-refractivity contribution >= 4 is 58.1 Å². The molecule has 0 atom stereocenters. The van der Waals surface area contributed by atoms with E-state index < -0.39 is 0 Å². The number of amides is 2. The van der Waals surface area contributed by atoms with E-state index in [1.165, 1.54) is 31.5 Å². The maximum Gasteiger partial charge on any atom is 0.249 e. The number of benzene rings is 2. The molecule has 0 saturated heterocycles. The molecule has 2 aromatic carbocycles. The van der Waals surface area contributed by atoms with E-state index in [4.69, 9.17) is 44.3 Å². The molecule has 0 unspecified atom stereocenters. The van der Waals surface area contributed by atoms with Crippen LogP contribution in [0.1, 0.15) is 16.8 Å². The number of likely N-dealkylation sites (N-methyl/N-ethyl adjacent to an activating group) is 1. The monoisotopic (exact) mass is 548 g/mol. The van der Waals surface area contributed by atoms with Crippen molar-refractivity contribution in [1.29, 1.82) is 0 Å². The smallest absolute Gasteiger partial charge is 0.249 e. The maximum atomic E-state index is 13.1. The van der Waals surface area contributed by atoms with Gasteiger partial charge in [-0.05, 0) is 11.6 Å². The van der Waals surface area contributed by atoms with Crippen molar-refractivity contribution in [3.8, 4) is 11.5 Å². The second-order valence-electron chi connectivity index (χ2n) is 7.50. The number of anilines is 2. The zero-order valence-electron chi connectivity index (χ0n) is 19.7. The van der Waals surface area contributed by atoms with Crippen molar-refractivity contribution in [3.05, 3.63) is 81.2 Å². The van der Waals surface area contributed by atoms with Crippen LogP contribution in [0.25, 0.3) is 0 Å². The first-order chi connectivity index (χ1) is 17.3. The van der Waals surface area contributed by atoms with Gasteiger partial charge in [0.25, 0.3) is 0 Å². The zero-order chi connectivity index (χ0) is 26.2. The lowest BCUT2D eigenvalue weighted by Crippen LogP contribution is -2.29. The van der Waals surface area contributed by atoms with Gasteiger partial charge in [0.15, 0.2) is 0 Å². The van der Waals surface area contributed by atoms with Crippen LogP contribution in [0, 0.1) is 0 Å². The number of methoxy groups -OCH3 is 2. The number of nitrogens with zero attached hydrogens (tertiary/aromatic N) is 3. The molecule has 0 saturated carbocycles. The van der Waals surface area contributed by atoms with Crippen LogP contribution in [-0.4, -0.2) is 43.0 Å². The minimum absolute atomic E-state index is 0.107. The van der Waals surface area contributed by atoms with Crippen molar-refractivity contribution in [2.45, 2.75) is 12.8 Å². The number of hydrogen-bond acceptors (Lipinski definition) is 6. The Bertz CT molecular complexity index is 1270. The quantitative estimate of drug-likeness (QED) is 0.365. The summed E-state index contributed by atoms with van der Waals surface area (Å²) in [6.45, 7) is 0. The van der Waals surface area contributed by atoms with Gasteiger partial charge in [-0.25, -0.2) is 9.97 Å². The Morgan fingerprint density at radius 2 is 1.72 bits per heavy atom. The van der Waals surface area contributed by atoms with E-state index >= 15 is 0 Å². The van der Waals surface area contributed by atoms with E-state index in [1.54, 1.807) is 25.2 Å². The van der Waals surface area contributed by atoms with Gasteiger partial charge in [0.2, 0.25) is 11.8 Å². The first kappa shape index (κ1) is 27.3. The molecule has 0 fully saturated rings. The Balaban J connectivity index is 1.82. The summed E-state index contributed by atoms with van der Waals surface area (Å²) in [6.07, 6.45) is 2.88. The fraction of sp³-hybridized carbons (Fsp3) is 0.200. The summed E-state index contributed by atoms with van der Waals surface area (Å²) >= 11 is 18.3. The highest BCUT2D eigenvalue weighted by atomic mass is 35.5. The molecule has 0 aliphatic carbocycles. The summed E-state index contributed by atoms with van der Waals surface area (Å²) in [5.74, 6) is 0.426. The molecular weight excluding hydrogens is 527 g/mol. The van der Waals surface area contributed by atoms with Crippen molar-refractivity contribution in [2.24, 2.45) is 0 Å². The summed E-state index contributed by atoms with van der Waals surface area (Å²) in [7, 11) is 4.53. The number of carbonyl (C=O) groups is 2. The second kappa shape index (κ2) is 12.6. The number of carbonyl (C=O) groups excluding carboxylic acids is 2. The molecule has 8 nitrogen and oxygen atoms in total. The number of para-hydroxylation sites is 1. The molecule has 188 valence electrons. The Kier molecular flexibility index (Phi) is 9.52. The average molecular weight is 550 g/mol. The number of halogens is 3. The van der Waals surface area contributed by atoms with Gasteiger partial charge in [-0.3, -0.25) is 14.5 Å². The molecule has 36 heavy (non-hydrogen) atoms. The zero-order valence-corrected chi connectivity index (χ0v) is 22.0. The summed E-state index contributed by atoms with van der Waals surface area (Å²) < 4.78 is 10.6. The van der Waals surface area contributed by atoms with E-state index in [0.717, 1.165) is 11.1 Å². The van der Waals surface area contributed by atoms with Gasteiger partial charge >= 0.3 is 0 Å². The minimum atomic E-state index is -0.349. The van der Waals surface area contributed by atoms with Crippen molar-refractivity contribution in [1.82, 2.24) is 9.97 Å². The van der Waals surface area contributed by atoms with Gasteiger partial charge in [-0.1, -0.05) is 53.0 Å². The van der Waals surface area contributed by atoms with E-state index in [-0.39, 0.29) is 28.3 Å². The molecule has 3 rings (SSSR count). The van der Waals surface area contributed by atoms with Crippen LogP contribution >= 0.6 is 34.8 Å². The summed E-state index contributed by atoms with van der Waals surface area (Å²) in [5.41, 5.74) is 3.63. The molecule has 0 aliphatic heterocycles. The molecule has 1 N–H and O–H groups in total. The van der Waals surface area contributed by atoms with Gasteiger partial charge in [-0.15, -0.1) is 0 Å². The van der Waals surface area contributed by atoms with E-state index in [9.17, 15) is 9.59 Å². The molecule has 11 heteroatoms. The summed E-state index contributed by atoms with van der Waals surface area (Å²) in [5, 5.41) is 3.25. The first-order valence-corrected chi connectivity index (χ1v) is 11.8. The van der Waals surface area contributed by atoms with Gasteiger partial charge < -0.3 is 14.8 Å². The Morgan fingerprint density at radius 1 is 1.06 bits per heavy atom. The van der Waals surface area contributed by atoms with Gasteiger partial charge in [0, 0.05) is 48.5 Å². The van der Waals surface area contributed by atoms with Crippen molar-refractivity contribution in [3.63, 3.8) is 0 Å². The van der Waals surface area contributed by atoms with E-state index in [1.807, 2.05) is 18.2 Å². The number of ether oxygens (including phenoxy) is 2. The summed E-state index contributed by atoms with van der Waals surface area (Å²) in [4.78, 5) is 35.0. The molecule has 0 spiro atoms. The highest BCUT2D eigenvalue weighted by Gasteiger charge is 2.22. The second-order valence-corrected chi connectivity index (χ2v) is 8.51. The molecular formula is C25H23Cl3N4O4. The normalized spacial score (nSPS) is 10.8. The lowest BCUT2D eigenvalue weighted by Gasteiger charge is -2.19.